The molecule has 0 amide bonds. The summed E-state index contributed by atoms with van der Waals surface area (Å²) in [7, 11) is -1.24. The van der Waals surface area contributed by atoms with Gasteiger partial charge in [0, 0.05) is 45.9 Å². The van der Waals surface area contributed by atoms with Crippen LogP contribution in [0.2, 0.25) is 0 Å². The van der Waals surface area contributed by atoms with E-state index in [0.717, 1.165) is 18.4 Å². The first-order valence-corrected chi connectivity index (χ1v) is 15.5. The highest BCUT2D eigenvalue weighted by molar-refractivity contribution is 8.00. The molecule has 8 nitrogen and oxygen atoms in total. The van der Waals surface area contributed by atoms with Crippen LogP contribution in [-0.4, -0.2) is 39.4 Å². The van der Waals surface area contributed by atoms with E-state index in [4.69, 9.17) is 9.47 Å². The van der Waals surface area contributed by atoms with E-state index >= 15 is 0 Å². The first-order chi connectivity index (χ1) is 18.9. The number of ether oxygens (including phenoxy) is 2. The highest BCUT2D eigenvalue weighted by Crippen LogP contribution is 2.62. The van der Waals surface area contributed by atoms with Crippen LogP contribution in [0.25, 0.3) is 0 Å². The summed E-state index contributed by atoms with van der Waals surface area (Å²) < 4.78 is 41.5. The number of hydrogen-bond acceptors (Lipinski definition) is 7. The summed E-state index contributed by atoms with van der Waals surface area (Å²) in [6.07, 6.45) is 1.77. The first-order valence-electron chi connectivity index (χ1n) is 13.2. The molecule has 0 radical (unpaired) electrons. The van der Waals surface area contributed by atoms with Gasteiger partial charge in [-0.05, 0) is 42.4 Å². The number of thioether (sulfide) groups is 1. The van der Waals surface area contributed by atoms with Gasteiger partial charge in [-0.1, -0.05) is 51.1 Å². The van der Waals surface area contributed by atoms with Crippen molar-refractivity contribution in [3.05, 3.63) is 82.4 Å². The van der Waals surface area contributed by atoms with Crippen molar-refractivity contribution in [1.29, 1.82) is 0 Å². The highest BCUT2D eigenvalue weighted by Gasteiger charge is 2.58. The van der Waals surface area contributed by atoms with Crippen molar-refractivity contribution < 1.29 is 22.8 Å². The topological polar surface area (TPSA) is 99.0 Å². The number of nitrogens with zero attached hydrogens (tertiary/aromatic N) is 2. The number of para-hydroxylation sites is 1. The van der Waals surface area contributed by atoms with Gasteiger partial charge in [-0.15, -0.1) is 11.8 Å². The van der Waals surface area contributed by atoms with Crippen molar-refractivity contribution in [3.8, 4) is 11.5 Å². The molecule has 0 N–H and O–H groups in total. The van der Waals surface area contributed by atoms with E-state index in [-0.39, 0.29) is 28.0 Å². The van der Waals surface area contributed by atoms with E-state index in [0.29, 0.717) is 17.2 Å². The summed E-state index contributed by atoms with van der Waals surface area (Å²) in [5.74, 6) is 0.893. The Morgan fingerprint density at radius 1 is 1.00 bits per heavy atom. The van der Waals surface area contributed by atoms with Gasteiger partial charge in [0.05, 0.1) is 24.8 Å². The molecule has 1 heterocycles. The minimum Gasteiger partial charge on any atom is -0.497 e. The molecule has 5 rings (SSSR count). The lowest BCUT2D eigenvalue weighted by Crippen LogP contribution is -2.59. The normalized spacial score (nSPS) is 23.6. The Hall–Kier alpha value is -3.24. The molecular weight excluding hydrogens is 548 g/mol. The molecule has 212 valence electrons. The van der Waals surface area contributed by atoms with Crippen LogP contribution in [0, 0.1) is 21.4 Å². The Balaban J connectivity index is 1.71. The monoisotopic (exact) mass is 582 g/mol. The zero-order valence-corrected chi connectivity index (χ0v) is 24.9. The number of rotatable bonds is 7. The number of sulfonamides is 1. The van der Waals surface area contributed by atoms with E-state index < -0.39 is 26.0 Å². The molecule has 1 aliphatic heterocycles. The molecule has 3 aromatic carbocycles. The summed E-state index contributed by atoms with van der Waals surface area (Å²) in [5.41, 5.74) is 0.0851. The summed E-state index contributed by atoms with van der Waals surface area (Å²) in [6.45, 7) is 6.80. The quantitative estimate of drug-likeness (QED) is 0.226. The predicted molar refractivity (Wildman–Crippen MR) is 157 cm³/mol. The van der Waals surface area contributed by atoms with Crippen LogP contribution in [0.4, 0.5) is 11.4 Å². The standard InChI is InChI=1S/C30H34N2O6S2/c1-29(2)26-19-31(40(35,36)25-14-10-9-13-22(25)32(33)34)23-17-20(37-4)18-24(38-5)28(23)30(26,3)16-15-27(29)39-21-11-7-6-8-12-21/h6-14,17-18,26-27H,15-16,19H2,1-5H3/t26-,27-,30-/m0/s1. The smallest absolute Gasteiger partial charge is 0.289 e. The molecule has 1 saturated carbocycles. The first kappa shape index (κ1) is 28.3. The lowest BCUT2D eigenvalue weighted by molar-refractivity contribution is -0.387. The van der Waals surface area contributed by atoms with E-state index in [2.05, 4.69) is 32.9 Å². The highest BCUT2D eigenvalue weighted by atomic mass is 32.2. The number of nitro benzene ring substituents is 1. The molecular formula is C30H34N2O6S2. The molecule has 1 aliphatic carbocycles. The predicted octanol–water partition coefficient (Wildman–Crippen LogP) is 6.68. The van der Waals surface area contributed by atoms with Crippen molar-refractivity contribution in [3.63, 3.8) is 0 Å². The van der Waals surface area contributed by atoms with Gasteiger partial charge < -0.3 is 9.47 Å². The van der Waals surface area contributed by atoms with Crippen molar-refractivity contribution in [2.75, 3.05) is 25.1 Å². The molecule has 0 bridgehead atoms. The maximum Gasteiger partial charge on any atom is 0.289 e. The van der Waals surface area contributed by atoms with Crippen molar-refractivity contribution in [2.24, 2.45) is 11.3 Å². The summed E-state index contributed by atoms with van der Waals surface area (Å²) in [6, 6.07) is 19.3. The number of hydrogen-bond donors (Lipinski definition) is 0. The minimum atomic E-state index is -4.33. The number of fused-ring (bicyclic) bond motifs is 3. The maximum absolute atomic E-state index is 14.4. The fourth-order valence-corrected chi connectivity index (χ4v) is 9.68. The van der Waals surface area contributed by atoms with Crippen molar-refractivity contribution in [2.45, 2.75) is 54.1 Å². The molecule has 10 heteroatoms. The number of methoxy groups -OCH3 is 2. The second-order valence-corrected chi connectivity index (χ2v) is 14.3. The van der Waals surface area contributed by atoms with Crippen LogP contribution in [0.15, 0.2) is 76.5 Å². The van der Waals surface area contributed by atoms with E-state index in [1.54, 1.807) is 19.2 Å². The van der Waals surface area contributed by atoms with Gasteiger partial charge in [0.15, 0.2) is 4.90 Å². The third-order valence-corrected chi connectivity index (χ3v) is 12.3. The van der Waals surface area contributed by atoms with E-state index in [1.807, 2.05) is 30.0 Å². The van der Waals surface area contributed by atoms with Gasteiger partial charge in [-0.3, -0.25) is 14.4 Å². The summed E-state index contributed by atoms with van der Waals surface area (Å²) in [5, 5.41) is 12.1. The molecule has 1 fully saturated rings. The number of nitro groups is 1. The number of anilines is 1. The fourth-order valence-electron chi connectivity index (χ4n) is 6.70. The zero-order valence-electron chi connectivity index (χ0n) is 23.3. The maximum atomic E-state index is 14.4. The lowest BCUT2D eigenvalue weighted by atomic mass is 9.52. The summed E-state index contributed by atoms with van der Waals surface area (Å²) >= 11 is 1.83. The number of benzene rings is 3. The molecule has 3 atom stereocenters. The van der Waals surface area contributed by atoms with Gasteiger partial charge in [0.2, 0.25) is 0 Å². The van der Waals surface area contributed by atoms with Gasteiger partial charge in [-0.2, -0.15) is 0 Å². The SMILES string of the molecule is COc1cc(OC)c2c(c1)N(S(=O)(=O)c1ccccc1[N+](=O)[O-])C[C@H]1C(C)(C)[C@@H](Sc3ccccc3)CC[C@]21C. The Morgan fingerprint density at radius 3 is 2.33 bits per heavy atom. The Labute approximate surface area is 239 Å². The average molecular weight is 583 g/mol. The second-order valence-electron chi connectivity index (χ2n) is 11.2. The molecule has 0 saturated heterocycles. The molecule has 40 heavy (non-hydrogen) atoms. The third-order valence-electron chi connectivity index (χ3n) is 8.77. The summed E-state index contributed by atoms with van der Waals surface area (Å²) in [4.78, 5) is 12.1. The van der Waals surface area contributed by atoms with Crippen molar-refractivity contribution >= 4 is 33.2 Å². The second kappa shape index (κ2) is 10.3. The van der Waals surface area contributed by atoms with E-state index in [1.165, 1.54) is 40.6 Å². The van der Waals surface area contributed by atoms with Crippen LogP contribution in [0.1, 0.15) is 39.2 Å². The average Bonchev–Trinajstić information content (AvgIpc) is 2.94. The Kier molecular flexibility index (Phi) is 7.29. The van der Waals surface area contributed by atoms with E-state index in [9.17, 15) is 18.5 Å². The molecule has 0 spiro atoms. The molecule has 0 unspecified atom stereocenters. The van der Waals surface area contributed by atoms with Gasteiger partial charge >= 0.3 is 0 Å². The Bertz CT molecular complexity index is 1540. The van der Waals surface area contributed by atoms with Crippen LogP contribution < -0.4 is 13.8 Å². The Morgan fingerprint density at radius 2 is 1.68 bits per heavy atom. The van der Waals surface area contributed by atoms with Crippen LogP contribution in [0.3, 0.4) is 0 Å². The third kappa shape index (κ3) is 4.51. The molecule has 0 aromatic heterocycles. The lowest BCUT2D eigenvalue weighted by Gasteiger charge is -2.59. The van der Waals surface area contributed by atoms with Crippen LogP contribution in [0.5, 0.6) is 11.5 Å². The van der Waals surface area contributed by atoms with Crippen LogP contribution in [-0.2, 0) is 15.4 Å². The van der Waals surface area contributed by atoms with Gasteiger partial charge in [0.25, 0.3) is 15.7 Å². The van der Waals surface area contributed by atoms with Crippen LogP contribution >= 0.6 is 11.8 Å². The largest absolute Gasteiger partial charge is 0.497 e. The van der Waals surface area contributed by atoms with Gasteiger partial charge in [0.1, 0.15) is 11.5 Å². The van der Waals surface area contributed by atoms with Crippen molar-refractivity contribution in [1.82, 2.24) is 0 Å². The zero-order chi connectivity index (χ0) is 28.9. The molecule has 3 aromatic rings. The van der Waals surface area contributed by atoms with Gasteiger partial charge in [-0.25, -0.2) is 8.42 Å². The molecule has 2 aliphatic rings. The fraction of sp³-hybridized carbons (Fsp3) is 0.400. The minimum absolute atomic E-state index is 0.109.